The Morgan fingerprint density at radius 3 is 3.13 bits per heavy atom. The van der Waals surface area contributed by atoms with Crippen LogP contribution in [0.5, 0.6) is 5.75 Å². The minimum atomic E-state index is -0.132. The molecule has 0 bridgehead atoms. The topological polar surface area (TPSA) is 65.4 Å². The molecule has 0 aliphatic carbocycles. The van der Waals surface area contributed by atoms with Crippen LogP contribution in [0.15, 0.2) is 36.7 Å². The van der Waals surface area contributed by atoms with Crippen molar-refractivity contribution in [1.82, 2.24) is 15.1 Å². The van der Waals surface area contributed by atoms with Crippen LogP contribution in [0.2, 0.25) is 0 Å². The number of carbonyl (C=O) groups excluding carboxylic acids is 1. The van der Waals surface area contributed by atoms with Crippen molar-refractivity contribution in [3.05, 3.63) is 36.7 Å². The number of nitrogens with one attached hydrogen (secondary N) is 1. The Labute approximate surface area is 135 Å². The molecule has 1 saturated heterocycles. The second-order valence-electron chi connectivity index (χ2n) is 5.66. The molecule has 23 heavy (non-hydrogen) atoms. The maximum absolute atomic E-state index is 11.8. The Hall–Kier alpha value is -2.34. The van der Waals surface area contributed by atoms with Crippen LogP contribution in [0.25, 0.3) is 11.1 Å². The van der Waals surface area contributed by atoms with Gasteiger partial charge in [0, 0.05) is 32.0 Å². The molecule has 1 aromatic carbocycles. The highest BCUT2D eigenvalue weighted by Crippen LogP contribution is 2.23. The third-order valence-corrected chi connectivity index (χ3v) is 3.79. The summed E-state index contributed by atoms with van der Waals surface area (Å²) in [5.41, 5.74) is 2.02. The number of hydrogen-bond acceptors (Lipinski definition) is 4. The molecular formula is C17H21N3O3. The normalized spacial score (nSPS) is 17.2. The van der Waals surface area contributed by atoms with E-state index in [9.17, 15) is 4.79 Å². The summed E-state index contributed by atoms with van der Waals surface area (Å²) < 4.78 is 12.8. The molecule has 1 aromatic heterocycles. The second-order valence-corrected chi connectivity index (χ2v) is 5.66. The summed E-state index contributed by atoms with van der Waals surface area (Å²) in [6.45, 7) is 1.35. The number of aryl methyl sites for hydroxylation is 1. The van der Waals surface area contributed by atoms with E-state index in [4.69, 9.17) is 9.47 Å². The Bertz CT molecular complexity index is 663. The number of amides is 1. The minimum Gasteiger partial charge on any atom is -0.484 e. The Morgan fingerprint density at radius 2 is 2.39 bits per heavy atom. The van der Waals surface area contributed by atoms with Crippen molar-refractivity contribution >= 4 is 5.91 Å². The lowest BCUT2D eigenvalue weighted by molar-refractivity contribution is -0.123. The molecule has 0 radical (unpaired) electrons. The van der Waals surface area contributed by atoms with Gasteiger partial charge >= 0.3 is 0 Å². The van der Waals surface area contributed by atoms with Crippen LogP contribution >= 0.6 is 0 Å². The van der Waals surface area contributed by atoms with Crippen LogP contribution in [0.1, 0.15) is 12.8 Å². The maximum Gasteiger partial charge on any atom is 0.258 e. The molecule has 1 amide bonds. The molecule has 1 atom stereocenters. The van der Waals surface area contributed by atoms with E-state index in [1.54, 1.807) is 10.9 Å². The lowest BCUT2D eigenvalue weighted by Crippen LogP contribution is -2.35. The van der Waals surface area contributed by atoms with Crippen LogP contribution < -0.4 is 10.1 Å². The van der Waals surface area contributed by atoms with Crippen LogP contribution in [-0.2, 0) is 16.6 Å². The zero-order chi connectivity index (χ0) is 16.1. The minimum absolute atomic E-state index is 0.00319. The summed E-state index contributed by atoms with van der Waals surface area (Å²) in [6.07, 6.45) is 5.96. The van der Waals surface area contributed by atoms with E-state index in [1.807, 2.05) is 37.5 Å². The first-order chi connectivity index (χ1) is 11.2. The average Bonchev–Trinajstić information content (AvgIpc) is 3.23. The van der Waals surface area contributed by atoms with E-state index in [2.05, 4.69) is 10.4 Å². The van der Waals surface area contributed by atoms with Crippen LogP contribution in [0, 0.1) is 0 Å². The van der Waals surface area contributed by atoms with Gasteiger partial charge < -0.3 is 14.8 Å². The summed E-state index contributed by atoms with van der Waals surface area (Å²) in [5, 5.41) is 7.00. The van der Waals surface area contributed by atoms with Gasteiger partial charge in [-0.15, -0.1) is 0 Å². The largest absolute Gasteiger partial charge is 0.484 e. The number of rotatable bonds is 6. The van der Waals surface area contributed by atoms with Gasteiger partial charge in [-0.25, -0.2) is 0 Å². The van der Waals surface area contributed by atoms with Crippen molar-refractivity contribution in [3.8, 4) is 16.9 Å². The molecule has 0 saturated carbocycles. The molecule has 0 unspecified atom stereocenters. The first-order valence-electron chi connectivity index (χ1n) is 7.81. The fourth-order valence-corrected chi connectivity index (χ4v) is 2.57. The van der Waals surface area contributed by atoms with E-state index >= 15 is 0 Å². The van der Waals surface area contributed by atoms with Crippen molar-refractivity contribution in [2.24, 2.45) is 7.05 Å². The molecule has 1 aliphatic heterocycles. The van der Waals surface area contributed by atoms with E-state index in [1.165, 1.54) is 0 Å². The van der Waals surface area contributed by atoms with E-state index in [0.29, 0.717) is 12.3 Å². The number of aromatic nitrogens is 2. The molecular weight excluding hydrogens is 294 g/mol. The third-order valence-electron chi connectivity index (χ3n) is 3.79. The highest BCUT2D eigenvalue weighted by molar-refractivity contribution is 5.77. The van der Waals surface area contributed by atoms with Crippen molar-refractivity contribution in [3.63, 3.8) is 0 Å². The molecule has 3 rings (SSSR count). The van der Waals surface area contributed by atoms with Crippen molar-refractivity contribution in [1.29, 1.82) is 0 Å². The zero-order valence-corrected chi connectivity index (χ0v) is 13.2. The Balaban J connectivity index is 1.50. The quantitative estimate of drug-likeness (QED) is 0.882. The summed E-state index contributed by atoms with van der Waals surface area (Å²) in [7, 11) is 1.88. The molecule has 0 spiro atoms. The Kier molecular flexibility index (Phi) is 4.92. The molecule has 1 aliphatic rings. The summed E-state index contributed by atoms with van der Waals surface area (Å²) in [4.78, 5) is 11.8. The first kappa shape index (κ1) is 15.6. The number of ether oxygens (including phenoxy) is 2. The van der Waals surface area contributed by atoms with Crippen molar-refractivity contribution < 1.29 is 14.3 Å². The van der Waals surface area contributed by atoms with Gasteiger partial charge in [-0.1, -0.05) is 12.1 Å². The number of hydrogen-bond donors (Lipinski definition) is 1. The van der Waals surface area contributed by atoms with Gasteiger partial charge in [-0.2, -0.15) is 5.10 Å². The number of benzene rings is 1. The van der Waals surface area contributed by atoms with Gasteiger partial charge in [-0.3, -0.25) is 9.48 Å². The monoisotopic (exact) mass is 315 g/mol. The van der Waals surface area contributed by atoms with Gasteiger partial charge in [0.05, 0.1) is 12.3 Å². The SMILES string of the molecule is Cn1cc(-c2cccc(OCC(=O)NC[C@H]3CCCO3)c2)cn1. The lowest BCUT2D eigenvalue weighted by Gasteiger charge is -2.11. The molecule has 6 nitrogen and oxygen atoms in total. The summed E-state index contributed by atoms with van der Waals surface area (Å²) in [6, 6.07) is 7.64. The molecule has 122 valence electrons. The number of nitrogens with zero attached hydrogens (tertiary/aromatic N) is 2. The molecule has 1 fully saturated rings. The molecule has 2 heterocycles. The smallest absolute Gasteiger partial charge is 0.258 e. The van der Waals surface area contributed by atoms with Gasteiger partial charge in [0.1, 0.15) is 5.75 Å². The third kappa shape index (κ3) is 4.32. The summed E-state index contributed by atoms with van der Waals surface area (Å²) in [5.74, 6) is 0.533. The predicted octanol–water partition coefficient (Wildman–Crippen LogP) is 1.76. The first-order valence-corrected chi connectivity index (χ1v) is 7.81. The van der Waals surface area contributed by atoms with Gasteiger partial charge in [-0.05, 0) is 30.5 Å². The van der Waals surface area contributed by atoms with Crippen LogP contribution in [0.4, 0.5) is 0 Å². The second kappa shape index (κ2) is 7.28. The van der Waals surface area contributed by atoms with Gasteiger partial charge in [0.25, 0.3) is 5.91 Å². The van der Waals surface area contributed by atoms with Gasteiger partial charge in [0.2, 0.25) is 0 Å². The lowest BCUT2D eigenvalue weighted by atomic mass is 10.1. The highest BCUT2D eigenvalue weighted by Gasteiger charge is 2.16. The van der Waals surface area contributed by atoms with E-state index in [-0.39, 0.29) is 18.6 Å². The standard InChI is InChI=1S/C17H21N3O3/c1-20-11-14(9-19-20)13-4-2-5-15(8-13)23-12-17(21)18-10-16-6-3-7-22-16/h2,4-5,8-9,11,16H,3,6-7,10,12H2,1H3,(H,18,21)/t16-/m1/s1. The molecule has 6 heteroatoms. The van der Waals surface area contributed by atoms with Crippen LogP contribution in [-0.4, -0.2) is 41.6 Å². The van der Waals surface area contributed by atoms with Crippen LogP contribution in [0.3, 0.4) is 0 Å². The number of carbonyl (C=O) groups is 1. The van der Waals surface area contributed by atoms with E-state index < -0.39 is 0 Å². The fraction of sp³-hybridized carbons (Fsp3) is 0.412. The summed E-state index contributed by atoms with van der Waals surface area (Å²) >= 11 is 0. The van der Waals surface area contributed by atoms with E-state index in [0.717, 1.165) is 30.6 Å². The molecule has 1 N–H and O–H groups in total. The Morgan fingerprint density at radius 1 is 1.48 bits per heavy atom. The highest BCUT2D eigenvalue weighted by atomic mass is 16.5. The van der Waals surface area contributed by atoms with Crippen molar-refractivity contribution in [2.75, 3.05) is 19.8 Å². The fourth-order valence-electron chi connectivity index (χ4n) is 2.57. The zero-order valence-electron chi connectivity index (χ0n) is 13.2. The predicted molar refractivity (Wildman–Crippen MR) is 86.1 cm³/mol. The van der Waals surface area contributed by atoms with Gasteiger partial charge in [0.15, 0.2) is 6.61 Å². The average molecular weight is 315 g/mol. The van der Waals surface area contributed by atoms with Crippen molar-refractivity contribution in [2.45, 2.75) is 18.9 Å². The molecule has 2 aromatic rings. The maximum atomic E-state index is 11.8.